The van der Waals surface area contributed by atoms with E-state index in [4.69, 9.17) is 10.5 Å². The highest BCUT2D eigenvalue weighted by molar-refractivity contribution is 5.83. The molecule has 0 aromatic rings. The highest BCUT2D eigenvalue weighted by atomic mass is 16.5. The Kier molecular flexibility index (Phi) is 2.67. The molecule has 2 saturated heterocycles. The zero-order valence-electron chi connectivity index (χ0n) is 10.5. The van der Waals surface area contributed by atoms with Crippen molar-refractivity contribution in [1.29, 1.82) is 0 Å². The fourth-order valence-electron chi connectivity index (χ4n) is 3.60. The molecule has 17 heavy (non-hydrogen) atoms. The number of nitrogens with two attached hydrogens (primary N) is 1. The first-order valence-corrected chi connectivity index (χ1v) is 6.80. The summed E-state index contributed by atoms with van der Waals surface area (Å²) in [6.45, 7) is 3.60. The molecule has 4 unspecified atom stereocenters. The number of hydrogen-bond acceptors (Lipinski definition) is 3. The van der Waals surface area contributed by atoms with Gasteiger partial charge in [-0.15, -0.1) is 0 Å². The van der Waals surface area contributed by atoms with E-state index in [2.05, 4.69) is 0 Å². The Bertz CT molecular complexity index is 321. The Balaban J connectivity index is 1.74. The first-order valence-electron chi connectivity index (χ1n) is 6.80. The molecule has 1 saturated carbocycles. The third-order valence-electron chi connectivity index (χ3n) is 4.85. The van der Waals surface area contributed by atoms with Gasteiger partial charge in [0.1, 0.15) is 0 Å². The highest BCUT2D eigenvalue weighted by Gasteiger charge is 2.47. The fraction of sp³-hybridized carbons (Fsp3) is 0.923. The average molecular weight is 238 g/mol. The molecule has 0 spiro atoms. The van der Waals surface area contributed by atoms with E-state index in [0.717, 1.165) is 45.2 Å². The van der Waals surface area contributed by atoms with Gasteiger partial charge in [-0.05, 0) is 32.6 Å². The van der Waals surface area contributed by atoms with Crippen LogP contribution >= 0.6 is 0 Å². The maximum atomic E-state index is 12.6. The maximum absolute atomic E-state index is 12.6. The van der Waals surface area contributed by atoms with E-state index >= 15 is 0 Å². The lowest BCUT2D eigenvalue weighted by molar-refractivity contribution is -0.150. The van der Waals surface area contributed by atoms with Gasteiger partial charge in [0.15, 0.2) is 0 Å². The summed E-state index contributed by atoms with van der Waals surface area (Å²) in [4.78, 5) is 14.7. The molecule has 3 aliphatic rings. The van der Waals surface area contributed by atoms with Gasteiger partial charge >= 0.3 is 0 Å². The lowest BCUT2D eigenvalue weighted by atomic mass is 9.83. The van der Waals surface area contributed by atoms with Crippen molar-refractivity contribution in [3.63, 3.8) is 0 Å². The summed E-state index contributed by atoms with van der Waals surface area (Å²) in [5.74, 6) is 0.266. The third-order valence-corrected chi connectivity index (χ3v) is 4.85. The van der Waals surface area contributed by atoms with E-state index in [1.54, 1.807) is 0 Å². The number of rotatable bonds is 1. The van der Waals surface area contributed by atoms with Crippen molar-refractivity contribution in [1.82, 2.24) is 4.90 Å². The molecule has 4 nitrogen and oxygen atoms in total. The van der Waals surface area contributed by atoms with Crippen molar-refractivity contribution in [2.45, 2.75) is 57.3 Å². The highest BCUT2D eigenvalue weighted by Crippen LogP contribution is 2.39. The lowest BCUT2D eigenvalue weighted by Crippen LogP contribution is -2.54. The summed E-state index contributed by atoms with van der Waals surface area (Å²) in [5.41, 5.74) is 5.80. The van der Waals surface area contributed by atoms with E-state index in [1.807, 2.05) is 11.8 Å². The van der Waals surface area contributed by atoms with Crippen molar-refractivity contribution in [3.8, 4) is 0 Å². The second-order valence-electron chi connectivity index (χ2n) is 6.08. The molecule has 0 aromatic heterocycles. The lowest BCUT2D eigenvalue weighted by Gasteiger charge is -2.38. The molecule has 3 rings (SSSR count). The minimum absolute atomic E-state index is 0.0375. The number of hydrogen-bond donors (Lipinski definition) is 1. The average Bonchev–Trinajstić information content (AvgIpc) is 2.83. The van der Waals surface area contributed by atoms with Crippen LogP contribution in [0.3, 0.4) is 0 Å². The molecule has 3 fully saturated rings. The fourth-order valence-corrected chi connectivity index (χ4v) is 3.60. The van der Waals surface area contributed by atoms with Crippen LogP contribution in [0.2, 0.25) is 0 Å². The standard InChI is InChI=1S/C13H22N2O2/c1-13(6-2-3-11(13)14)12(16)15-7-9-4-5-10(8-15)17-9/h9-11H,2-8,14H2,1H3. The van der Waals surface area contributed by atoms with E-state index < -0.39 is 0 Å². The van der Waals surface area contributed by atoms with Crippen LogP contribution in [-0.4, -0.2) is 42.1 Å². The number of carbonyl (C=O) groups is 1. The Morgan fingerprint density at radius 1 is 1.29 bits per heavy atom. The van der Waals surface area contributed by atoms with Crippen LogP contribution in [0.4, 0.5) is 0 Å². The van der Waals surface area contributed by atoms with Gasteiger partial charge in [-0.25, -0.2) is 0 Å². The number of likely N-dealkylation sites (tertiary alicyclic amines) is 1. The smallest absolute Gasteiger partial charge is 0.230 e. The van der Waals surface area contributed by atoms with E-state index in [-0.39, 0.29) is 29.6 Å². The van der Waals surface area contributed by atoms with E-state index in [1.165, 1.54) is 0 Å². The van der Waals surface area contributed by atoms with Crippen LogP contribution in [-0.2, 0) is 9.53 Å². The summed E-state index contributed by atoms with van der Waals surface area (Å²) in [7, 11) is 0. The molecule has 0 aromatic carbocycles. The quantitative estimate of drug-likeness (QED) is 0.738. The summed E-state index contributed by atoms with van der Waals surface area (Å²) < 4.78 is 5.77. The zero-order valence-corrected chi connectivity index (χ0v) is 10.5. The number of amides is 1. The van der Waals surface area contributed by atoms with Crippen LogP contribution in [0.1, 0.15) is 39.0 Å². The van der Waals surface area contributed by atoms with Crippen LogP contribution in [0.15, 0.2) is 0 Å². The molecule has 2 bridgehead atoms. The minimum Gasteiger partial charge on any atom is -0.371 e. The van der Waals surface area contributed by atoms with Crippen molar-refractivity contribution in [3.05, 3.63) is 0 Å². The first-order chi connectivity index (χ1) is 8.09. The third kappa shape index (κ3) is 1.78. The van der Waals surface area contributed by atoms with Gasteiger partial charge in [0.05, 0.1) is 17.6 Å². The maximum Gasteiger partial charge on any atom is 0.230 e. The van der Waals surface area contributed by atoms with Gasteiger partial charge in [0.25, 0.3) is 0 Å². The Morgan fingerprint density at radius 2 is 1.94 bits per heavy atom. The predicted molar refractivity (Wildman–Crippen MR) is 64.4 cm³/mol. The summed E-state index contributed by atoms with van der Waals surface area (Å²) in [6, 6.07) is 0.0375. The van der Waals surface area contributed by atoms with Crippen LogP contribution in [0.5, 0.6) is 0 Å². The normalized spacial score (nSPS) is 45.3. The second-order valence-corrected chi connectivity index (χ2v) is 6.08. The van der Waals surface area contributed by atoms with Crippen molar-refractivity contribution < 1.29 is 9.53 Å². The molecule has 96 valence electrons. The Morgan fingerprint density at radius 3 is 2.47 bits per heavy atom. The van der Waals surface area contributed by atoms with Crippen molar-refractivity contribution in [2.24, 2.45) is 11.1 Å². The van der Waals surface area contributed by atoms with Crippen molar-refractivity contribution in [2.75, 3.05) is 13.1 Å². The molecule has 1 aliphatic carbocycles. The minimum atomic E-state index is -0.323. The van der Waals surface area contributed by atoms with Crippen LogP contribution in [0.25, 0.3) is 0 Å². The van der Waals surface area contributed by atoms with E-state index in [9.17, 15) is 4.79 Å². The number of fused-ring (bicyclic) bond motifs is 2. The van der Waals surface area contributed by atoms with Gasteiger partial charge in [-0.1, -0.05) is 6.42 Å². The Hall–Kier alpha value is -0.610. The zero-order chi connectivity index (χ0) is 12.0. The SMILES string of the molecule is CC1(C(=O)N2CC3CCC(C2)O3)CCCC1N. The Labute approximate surface area is 102 Å². The summed E-state index contributed by atoms with van der Waals surface area (Å²) in [6.07, 6.45) is 5.78. The second kappa shape index (κ2) is 3.95. The molecule has 4 heteroatoms. The van der Waals surface area contributed by atoms with Crippen LogP contribution < -0.4 is 5.73 Å². The number of nitrogens with zero attached hydrogens (tertiary/aromatic N) is 1. The van der Waals surface area contributed by atoms with Crippen molar-refractivity contribution >= 4 is 5.91 Å². The van der Waals surface area contributed by atoms with Gasteiger partial charge < -0.3 is 15.4 Å². The monoisotopic (exact) mass is 238 g/mol. The van der Waals surface area contributed by atoms with Gasteiger partial charge in [0.2, 0.25) is 5.91 Å². The first kappa shape index (κ1) is 11.5. The molecular weight excluding hydrogens is 216 g/mol. The molecule has 4 atom stereocenters. The molecule has 2 aliphatic heterocycles. The molecule has 2 N–H and O–H groups in total. The van der Waals surface area contributed by atoms with Gasteiger partial charge in [-0.2, -0.15) is 0 Å². The van der Waals surface area contributed by atoms with E-state index in [0.29, 0.717) is 0 Å². The summed E-state index contributed by atoms with van der Waals surface area (Å²) in [5, 5.41) is 0. The number of carbonyl (C=O) groups excluding carboxylic acids is 1. The number of ether oxygens (including phenoxy) is 1. The topological polar surface area (TPSA) is 55.6 Å². The largest absolute Gasteiger partial charge is 0.371 e. The predicted octanol–water partition coefficient (Wildman–Crippen LogP) is 0.894. The van der Waals surface area contributed by atoms with Crippen LogP contribution in [0, 0.1) is 5.41 Å². The molecule has 0 radical (unpaired) electrons. The molecular formula is C13H22N2O2. The molecule has 2 heterocycles. The van der Waals surface area contributed by atoms with Gasteiger partial charge in [-0.3, -0.25) is 4.79 Å². The summed E-state index contributed by atoms with van der Waals surface area (Å²) >= 11 is 0. The number of morpholine rings is 1. The van der Waals surface area contributed by atoms with Gasteiger partial charge in [0, 0.05) is 19.1 Å². The molecule has 1 amide bonds.